The Labute approximate surface area is 162 Å². The summed E-state index contributed by atoms with van der Waals surface area (Å²) in [4.78, 5) is 19.3. The summed E-state index contributed by atoms with van der Waals surface area (Å²) in [5.74, 6) is 0.0837. The SMILES string of the molecule is NC(=O)c1nc(OCC2CCCCC2)cc2c1[nH]c1ccc(S(N)(=O)=O)cc12. The molecule has 2 heterocycles. The summed E-state index contributed by atoms with van der Waals surface area (Å²) in [6, 6.07) is 6.18. The maximum Gasteiger partial charge on any atom is 0.269 e. The van der Waals surface area contributed by atoms with E-state index in [1.165, 1.54) is 31.4 Å². The largest absolute Gasteiger partial charge is 0.477 e. The number of nitrogens with zero attached hydrogens (tertiary/aromatic N) is 1. The minimum absolute atomic E-state index is 0.0111. The van der Waals surface area contributed by atoms with Crippen molar-refractivity contribution in [3.8, 4) is 5.88 Å². The van der Waals surface area contributed by atoms with Gasteiger partial charge in [0.15, 0.2) is 5.69 Å². The second kappa shape index (κ2) is 7.06. The predicted octanol–water partition coefficient (Wildman–Crippen LogP) is 2.42. The summed E-state index contributed by atoms with van der Waals surface area (Å²) >= 11 is 0. The molecule has 8 nitrogen and oxygen atoms in total. The molecule has 9 heteroatoms. The van der Waals surface area contributed by atoms with Crippen molar-refractivity contribution < 1.29 is 17.9 Å². The van der Waals surface area contributed by atoms with Crippen LogP contribution in [0.5, 0.6) is 5.88 Å². The Hall–Kier alpha value is -2.65. The molecule has 1 aliphatic carbocycles. The number of ether oxygens (including phenoxy) is 1. The van der Waals surface area contributed by atoms with Crippen LogP contribution in [0.4, 0.5) is 0 Å². The fourth-order valence-corrected chi connectivity index (χ4v) is 4.38. The van der Waals surface area contributed by atoms with E-state index in [9.17, 15) is 13.2 Å². The van der Waals surface area contributed by atoms with Crippen molar-refractivity contribution in [1.29, 1.82) is 0 Å². The first-order valence-corrected chi connectivity index (χ1v) is 10.8. The van der Waals surface area contributed by atoms with E-state index in [1.54, 1.807) is 12.1 Å². The molecule has 1 saturated carbocycles. The second-order valence-electron chi connectivity index (χ2n) is 7.29. The summed E-state index contributed by atoms with van der Waals surface area (Å²) in [5, 5.41) is 6.47. The van der Waals surface area contributed by atoms with Gasteiger partial charge in [0.25, 0.3) is 5.91 Å². The first-order valence-electron chi connectivity index (χ1n) is 9.25. The molecule has 1 aromatic carbocycles. The maximum atomic E-state index is 11.9. The molecular weight excluding hydrogens is 380 g/mol. The molecule has 0 bridgehead atoms. The number of hydrogen-bond acceptors (Lipinski definition) is 5. The number of sulfonamides is 1. The van der Waals surface area contributed by atoms with Crippen LogP contribution in [-0.2, 0) is 10.0 Å². The second-order valence-corrected chi connectivity index (χ2v) is 8.85. The number of fused-ring (bicyclic) bond motifs is 3. The smallest absolute Gasteiger partial charge is 0.269 e. The monoisotopic (exact) mass is 402 g/mol. The summed E-state index contributed by atoms with van der Waals surface area (Å²) < 4.78 is 29.3. The topological polar surface area (TPSA) is 141 Å². The lowest BCUT2D eigenvalue weighted by molar-refractivity contribution is 0.0995. The van der Waals surface area contributed by atoms with Crippen LogP contribution in [-0.4, -0.2) is 30.9 Å². The van der Waals surface area contributed by atoms with Crippen LogP contribution in [0.15, 0.2) is 29.2 Å². The minimum atomic E-state index is -3.85. The molecule has 1 amide bonds. The zero-order valence-electron chi connectivity index (χ0n) is 15.3. The Morgan fingerprint density at radius 2 is 1.93 bits per heavy atom. The Morgan fingerprint density at radius 1 is 1.18 bits per heavy atom. The molecule has 2 aromatic heterocycles. The number of carbonyl (C=O) groups is 1. The number of rotatable bonds is 5. The van der Waals surface area contributed by atoms with Crippen LogP contribution in [0, 0.1) is 5.92 Å². The van der Waals surface area contributed by atoms with Gasteiger partial charge in [0, 0.05) is 22.4 Å². The Bertz CT molecular complexity index is 1160. The van der Waals surface area contributed by atoms with E-state index in [0.717, 1.165) is 12.8 Å². The third-order valence-corrected chi connectivity index (χ3v) is 6.20. The van der Waals surface area contributed by atoms with Gasteiger partial charge in [-0.1, -0.05) is 19.3 Å². The van der Waals surface area contributed by atoms with Crippen molar-refractivity contribution in [2.45, 2.75) is 37.0 Å². The van der Waals surface area contributed by atoms with Gasteiger partial charge in [-0.05, 0) is 37.0 Å². The van der Waals surface area contributed by atoms with Gasteiger partial charge in [0.2, 0.25) is 15.9 Å². The van der Waals surface area contributed by atoms with E-state index >= 15 is 0 Å². The number of carbonyl (C=O) groups excluding carboxylic acids is 1. The normalized spacial score (nSPS) is 15.9. The molecule has 0 saturated heterocycles. The fraction of sp³-hybridized carbons (Fsp3) is 0.368. The number of aromatic nitrogens is 2. The highest BCUT2D eigenvalue weighted by Gasteiger charge is 2.19. The van der Waals surface area contributed by atoms with E-state index in [1.807, 2.05) is 0 Å². The average molecular weight is 402 g/mol. The number of primary sulfonamides is 1. The maximum absolute atomic E-state index is 11.9. The molecule has 28 heavy (non-hydrogen) atoms. The van der Waals surface area contributed by atoms with E-state index in [4.69, 9.17) is 15.6 Å². The molecule has 0 spiro atoms. The predicted molar refractivity (Wildman–Crippen MR) is 106 cm³/mol. The molecule has 5 N–H and O–H groups in total. The van der Waals surface area contributed by atoms with E-state index in [-0.39, 0.29) is 10.6 Å². The lowest BCUT2D eigenvalue weighted by atomic mass is 9.90. The molecule has 1 aliphatic rings. The number of aromatic amines is 1. The van der Waals surface area contributed by atoms with E-state index in [0.29, 0.717) is 40.2 Å². The Morgan fingerprint density at radius 3 is 2.61 bits per heavy atom. The lowest BCUT2D eigenvalue weighted by Gasteiger charge is -2.21. The highest BCUT2D eigenvalue weighted by molar-refractivity contribution is 7.89. The first-order chi connectivity index (χ1) is 13.3. The minimum Gasteiger partial charge on any atom is -0.477 e. The highest BCUT2D eigenvalue weighted by atomic mass is 32.2. The quantitative estimate of drug-likeness (QED) is 0.601. The van der Waals surface area contributed by atoms with Crippen molar-refractivity contribution in [3.63, 3.8) is 0 Å². The number of pyridine rings is 1. The number of nitrogens with two attached hydrogens (primary N) is 2. The van der Waals surface area contributed by atoms with Gasteiger partial charge in [-0.2, -0.15) is 0 Å². The van der Waals surface area contributed by atoms with E-state index < -0.39 is 15.9 Å². The van der Waals surface area contributed by atoms with Gasteiger partial charge in [-0.3, -0.25) is 4.79 Å². The number of primary amides is 1. The number of benzene rings is 1. The average Bonchev–Trinajstić information content (AvgIpc) is 3.03. The fourth-order valence-electron chi connectivity index (χ4n) is 3.84. The van der Waals surface area contributed by atoms with Crippen molar-refractivity contribution in [1.82, 2.24) is 9.97 Å². The lowest BCUT2D eigenvalue weighted by Crippen LogP contribution is -2.17. The zero-order valence-corrected chi connectivity index (χ0v) is 16.1. The third-order valence-electron chi connectivity index (χ3n) is 5.29. The molecule has 0 atom stereocenters. The Balaban J connectivity index is 1.80. The molecule has 1 fully saturated rings. The number of hydrogen-bond donors (Lipinski definition) is 3. The summed E-state index contributed by atoms with van der Waals surface area (Å²) in [6.07, 6.45) is 5.90. The van der Waals surface area contributed by atoms with Gasteiger partial charge in [-0.25, -0.2) is 18.5 Å². The summed E-state index contributed by atoms with van der Waals surface area (Å²) in [7, 11) is -3.85. The van der Waals surface area contributed by atoms with Gasteiger partial charge in [0.1, 0.15) is 0 Å². The first kappa shape index (κ1) is 18.7. The van der Waals surface area contributed by atoms with E-state index in [2.05, 4.69) is 9.97 Å². The van der Waals surface area contributed by atoms with Crippen LogP contribution >= 0.6 is 0 Å². The van der Waals surface area contributed by atoms with Crippen molar-refractivity contribution in [2.75, 3.05) is 6.61 Å². The van der Waals surface area contributed by atoms with Gasteiger partial charge < -0.3 is 15.5 Å². The molecular formula is C19H22N4O4S. The molecule has 4 rings (SSSR count). The van der Waals surface area contributed by atoms with Crippen LogP contribution < -0.4 is 15.6 Å². The molecule has 3 aromatic rings. The Kier molecular flexibility index (Phi) is 4.72. The number of amides is 1. The molecule has 0 radical (unpaired) electrons. The van der Waals surface area contributed by atoms with Crippen LogP contribution in [0.3, 0.4) is 0 Å². The number of H-pyrrole nitrogens is 1. The number of nitrogens with one attached hydrogen (secondary N) is 1. The van der Waals surface area contributed by atoms with Gasteiger partial charge >= 0.3 is 0 Å². The van der Waals surface area contributed by atoms with Gasteiger partial charge in [-0.15, -0.1) is 0 Å². The standard InChI is InChI=1S/C19H22N4O4S/c20-19(24)18-17-14(9-16(23-18)27-10-11-4-2-1-3-5-11)13-8-12(28(21,25)26)6-7-15(13)22-17/h6-9,11,22H,1-5,10H2,(H2,20,24)(H2,21,25,26). The van der Waals surface area contributed by atoms with Crippen molar-refractivity contribution in [2.24, 2.45) is 16.8 Å². The molecule has 148 valence electrons. The van der Waals surface area contributed by atoms with Crippen molar-refractivity contribution >= 4 is 37.7 Å². The summed E-state index contributed by atoms with van der Waals surface area (Å²) in [6.45, 7) is 0.529. The van der Waals surface area contributed by atoms with Crippen molar-refractivity contribution in [3.05, 3.63) is 30.0 Å². The molecule has 0 unspecified atom stereocenters. The third kappa shape index (κ3) is 3.55. The van der Waals surface area contributed by atoms with Crippen LogP contribution in [0.1, 0.15) is 42.6 Å². The summed E-state index contributed by atoms with van der Waals surface area (Å²) in [5.41, 5.74) is 6.67. The van der Waals surface area contributed by atoms with Gasteiger partial charge in [0.05, 0.1) is 17.0 Å². The van der Waals surface area contributed by atoms with Crippen LogP contribution in [0.25, 0.3) is 21.8 Å². The zero-order chi connectivity index (χ0) is 19.9. The highest BCUT2D eigenvalue weighted by Crippen LogP contribution is 2.32. The molecule has 0 aliphatic heterocycles. The van der Waals surface area contributed by atoms with Crippen LogP contribution in [0.2, 0.25) is 0 Å².